The Morgan fingerprint density at radius 2 is 1.86 bits per heavy atom. The molecule has 1 aliphatic rings. The largest absolute Gasteiger partial charge is 0.416 e. The Morgan fingerprint density at radius 3 is 2.57 bits per heavy atom. The molecule has 0 aliphatic carbocycles. The topological polar surface area (TPSA) is 37.4 Å². The maximum atomic E-state index is 13.0. The average Bonchev–Trinajstić information content (AvgIpc) is 2.72. The number of hydrogen-bond donors (Lipinski definition) is 0. The van der Waals surface area contributed by atoms with Crippen LogP contribution in [0.4, 0.5) is 13.2 Å². The van der Waals surface area contributed by atoms with Crippen molar-refractivity contribution in [3.8, 4) is 0 Å². The number of Topliss-reactive ketones (excluding diaryl/α,β-unsaturated/α-hetero) is 1. The Kier molecular flexibility index (Phi) is 6.13. The number of nitrogens with zero attached hydrogens (tertiary/aromatic N) is 1. The molecule has 0 N–H and O–H groups in total. The molecule has 2 aromatic carbocycles. The number of carbonyl (C=O) groups excluding carboxylic acids is 2. The van der Waals surface area contributed by atoms with E-state index in [0.29, 0.717) is 24.9 Å². The van der Waals surface area contributed by atoms with E-state index >= 15 is 0 Å². The first-order valence-electron chi connectivity index (χ1n) is 8.95. The molecule has 0 spiro atoms. The smallest absolute Gasteiger partial charge is 0.338 e. The van der Waals surface area contributed by atoms with Crippen LogP contribution in [-0.4, -0.2) is 35.9 Å². The molecule has 0 saturated carbocycles. The molecule has 3 rings (SSSR count). The van der Waals surface area contributed by atoms with Crippen LogP contribution >= 0.6 is 11.8 Å². The molecule has 1 amide bonds. The molecule has 0 aromatic heterocycles. The van der Waals surface area contributed by atoms with Crippen molar-refractivity contribution in [1.29, 1.82) is 0 Å². The van der Waals surface area contributed by atoms with Gasteiger partial charge in [-0.3, -0.25) is 9.59 Å². The van der Waals surface area contributed by atoms with Gasteiger partial charge in [0.15, 0.2) is 5.78 Å². The second-order valence-corrected chi connectivity index (χ2v) is 7.58. The summed E-state index contributed by atoms with van der Waals surface area (Å²) in [6.07, 6.45) is -1.30. The van der Waals surface area contributed by atoms with Crippen molar-refractivity contribution in [1.82, 2.24) is 4.90 Å². The average molecular weight is 407 g/mol. The van der Waals surface area contributed by atoms with Crippen molar-refractivity contribution in [2.45, 2.75) is 23.9 Å². The number of piperidine rings is 1. The van der Waals surface area contributed by atoms with Gasteiger partial charge in [-0.1, -0.05) is 24.3 Å². The van der Waals surface area contributed by atoms with Gasteiger partial charge in [-0.25, -0.2) is 0 Å². The standard InChI is InChI=1S/C21H20F3NO2S/c1-28-18-10-3-2-9-17(18)19(26)15-7-5-11-25(13-15)20(27)14-6-4-8-16(12-14)21(22,23)24/h2-4,6,8-10,12,15H,5,7,11,13H2,1H3/t15-/m1/s1. The van der Waals surface area contributed by atoms with Crippen LogP contribution in [0, 0.1) is 5.92 Å². The number of benzene rings is 2. The Morgan fingerprint density at radius 1 is 1.11 bits per heavy atom. The molecule has 0 unspecified atom stereocenters. The normalized spacial score (nSPS) is 17.4. The predicted octanol–water partition coefficient (Wildman–Crippen LogP) is 5.16. The van der Waals surface area contributed by atoms with Gasteiger partial charge in [-0.15, -0.1) is 11.8 Å². The number of ketones is 1. The lowest BCUT2D eigenvalue weighted by Crippen LogP contribution is -2.42. The molecule has 1 atom stereocenters. The highest BCUT2D eigenvalue weighted by molar-refractivity contribution is 7.98. The zero-order chi connectivity index (χ0) is 20.3. The third-order valence-electron chi connectivity index (χ3n) is 4.89. The van der Waals surface area contributed by atoms with Crippen molar-refractivity contribution in [2.24, 2.45) is 5.92 Å². The van der Waals surface area contributed by atoms with Crippen LogP contribution < -0.4 is 0 Å². The molecule has 3 nitrogen and oxygen atoms in total. The van der Waals surface area contributed by atoms with E-state index in [1.807, 2.05) is 18.4 Å². The van der Waals surface area contributed by atoms with Gasteiger partial charge < -0.3 is 4.90 Å². The molecular formula is C21H20F3NO2S. The highest BCUT2D eigenvalue weighted by Crippen LogP contribution is 2.31. The highest BCUT2D eigenvalue weighted by atomic mass is 32.2. The van der Waals surface area contributed by atoms with Crippen LogP contribution in [0.5, 0.6) is 0 Å². The molecule has 2 aromatic rings. The third-order valence-corrected chi connectivity index (χ3v) is 5.68. The molecule has 148 valence electrons. The zero-order valence-electron chi connectivity index (χ0n) is 15.3. The molecular weight excluding hydrogens is 387 g/mol. The molecule has 1 heterocycles. The fourth-order valence-electron chi connectivity index (χ4n) is 3.45. The minimum absolute atomic E-state index is 0.00700. The van der Waals surface area contributed by atoms with Gasteiger partial charge in [0.1, 0.15) is 0 Å². The Balaban J connectivity index is 1.78. The second kappa shape index (κ2) is 8.39. The molecule has 28 heavy (non-hydrogen) atoms. The van der Waals surface area contributed by atoms with Crippen molar-refractivity contribution in [3.05, 3.63) is 65.2 Å². The second-order valence-electron chi connectivity index (χ2n) is 6.73. The summed E-state index contributed by atoms with van der Waals surface area (Å²) < 4.78 is 38.8. The lowest BCUT2D eigenvalue weighted by Gasteiger charge is -2.32. The SMILES string of the molecule is CSc1ccccc1C(=O)[C@@H]1CCCN(C(=O)c2cccc(C(F)(F)F)c2)C1. The maximum absolute atomic E-state index is 13.0. The number of hydrogen-bond acceptors (Lipinski definition) is 3. The fourth-order valence-corrected chi connectivity index (χ4v) is 4.06. The molecule has 0 bridgehead atoms. The number of carbonyl (C=O) groups is 2. The molecule has 1 saturated heterocycles. The minimum atomic E-state index is -4.50. The van der Waals surface area contributed by atoms with E-state index < -0.39 is 17.6 Å². The summed E-state index contributed by atoms with van der Waals surface area (Å²) >= 11 is 1.49. The van der Waals surface area contributed by atoms with E-state index in [-0.39, 0.29) is 23.8 Å². The van der Waals surface area contributed by atoms with Crippen molar-refractivity contribution in [3.63, 3.8) is 0 Å². The molecule has 0 radical (unpaired) electrons. The first kappa shape index (κ1) is 20.5. The monoisotopic (exact) mass is 407 g/mol. The Hall–Kier alpha value is -2.28. The summed E-state index contributed by atoms with van der Waals surface area (Å²) in [7, 11) is 0. The number of halogens is 3. The van der Waals surface area contributed by atoms with Crippen LogP contribution in [0.15, 0.2) is 53.4 Å². The van der Waals surface area contributed by atoms with Gasteiger partial charge >= 0.3 is 6.18 Å². The lowest BCUT2D eigenvalue weighted by atomic mass is 9.89. The number of thioether (sulfide) groups is 1. The van der Waals surface area contributed by atoms with E-state index in [0.717, 1.165) is 17.0 Å². The van der Waals surface area contributed by atoms with Crippen molar-refractivity contribution in [2.75, 3.05) is 19.3 Å². The predicted molar refractivity (Wildman–Crippen MR) is 103 cm³/mol. The first-order valence-corrected chi connectivity index (χ1v) is 10.2. The number of alkyl halides is 3. The molecule has 1 fully saturated rings. The van der Waals surface area contributed by atoms with Gasteiger partial charge in [0.2, 0.25) is 0 Å². The Bertz CT molecular complexity index is 882. The summed E-state index contributed by atoms with van der Waals surface area (Å²) in [5.74, 6) is -0.843. The van der Waals surface area contributed by atoms with Gasteiger partial charge in [0, 0.05) is 35.0 Å². The van der Waals surface area contributed by atoms with E-state index in [9.17, 15) is 22.8 Å². The summed E-state index contributed by atoms with van der Waals surface area (Å²) in [4.78, 5) is 28.1. The quantitative estimate of drug-likeness (QED) is 0.519. The maximum Gasteiger partial charge on any atom is 0.416 e. The Labute approximate surface area is 165 Å². The number of likely N-dealkylation sites (tertiary alicyclic amines) is 1. The van der Waals surface area contributed by atoms with E-state index in [1.54, 1.807) is 12.1 Å². The summed E-state index contributed by atoms with van der Waals surface area (Å²) in [5, 5.41) is 0. The van der Waals surface area contributed by atoms with Crippen LogP contribution in [0.25, 0.3) is 0 Å². The van der Waals surface area contributed by atoms with Crippen LogP contribution in [0.3, 0.4) is 0 Å². The summed E-state index contributed by atoms with van der Waals surface area (Å²) in [6.45, 7) is 0.652. The van der Waals surface area contributed by atoms with Crippen molar-refractivity contribution >= 4 is 23.5 Å². The van der Waals surface area contributed by atoms with E-state index in [2.05, 4.69) is 0 Å². The summed E-state index contributed by atoms with van der Waals surface area (Å²) in [6, 6.07) is 11.8. The van der Waals surface area contributed by atoms with E-state index in [4.69, 9.17) is 0 Å². The first-order chi connectivity index (χ1) is 13.3. The van der Waals surface area contributed by atoms with Gasteiger partial charge in [-0.2, -0.15) is 13.2 Å². The van der Waals surface area contributed by atoms with Crippen LogP contribution in [0.2, 0.25) is 0 Å². The highest BCUT2D eigenvalue weighted by Gasteiger charge is 2.33. The van der Waals surface area contributed by atoms with E-state index in [1.165, 1.54) is 28.8 Å². The van der Waals surface area contributed by atoms with Crippen LogP contribution in [0.1, 0.15) is 39.1 Å². The summed E-state index contributed by atoms with van der Waals surface area (Å²) in [5.41, 5.74) is -0.224. The van der Waals surface area contributed by atoms with Crippen LogP contribution in [-0.2, 0) is 6.18 Å². The zero-order valence-corrected chi connectivity index (χ0v) is 16.1. The molecule has 7 heteroatoms. The number of rotatable bonds is 4. The third kappa shape index (κ3) is 4.41. The lowest BCUT2D eigenvalue weighted by molar-refractivity contribution is -0.137. The molecule has 1 aliphatic heterocycles. The number of amides is 1. The van der Waals surface area contributed by atoms with Gasteiger partial charge in [-0.05, 0) is 43.4 Å². The fraction of sp³-hybridized carbons (Fsp3) is 0.333. The minimum Gasteiger partial charge on any atom is -0.338 e. The van der Waals surface area contributed by atoms with Gasteiger partial charge in [0.25, 0.3) is 5.91 Å². The van der Waals surface area contributed by atoms with Gasteiger partial charge in [0.05, 0.1) is 5.56 Å². The van der Waals surface area contributed by atoms with Crippen molar-refractivity contribution < 1.29 is 22.8 Å².